The molecule has 0 bridgehead atoms. The number of alkyl carbamates (subject to hydrolysis) is 1. The highest BCUT2D eigenvalue weighted by Gasteiger charge is 2.38. The molecule has 0 heterocycles. The number of carbonyl (C=O) groups excluding carboxylic acids is 4. The Balaban J connectivity index is 2.08. The molecule has 0 spiro atoms. The Morgan fingerprint density at radius 1 is 0.755 bits per heavy atom. The average Bonchev–Trinajstić information content (AvgIpc) is 2.99. The van der Waals surface area contributed by atoms with E-state index in [4.69, 9.17) is 9.47 Å². The van der Waals surface area contributed by atoms with Crippen LogP contribution in [0.15, 0.2) is 91.5 Å². The maximum Gasteiger partial charge on any atom is 0.408 e. The summed E-state index contributed by atoms with van der Waals surface area (Å²) in [6.07, 6.45) is 0.665. The molecule has 0 aliphatic carbocycles. The van der Waals surface area contributed by atoms with Gasteiger partial charge in [-0.05, 0) is 82.5 Å². The fourth-order valence-corrected chi connectivity index (χ4v) is 5.01. The summed E-state index contributed by atoms with van der Waals surface area (Å²) in [6, 6.07) is 17.4. The second-order valence-electron chi connectivity index (χ2n) is 13.6. The SMILES string of the molecule is C=CCN(C(=O)C(Cc1ccc(O)cc1)NC(=O)OC(C)(C)C)C(C(=O)NC(Cc1ccccc1)C(=O)OC(C)(C)C)c1cccc(O)c1. The van der Waals surface area contributed by atoms with Crippen LogP contribution in [0.3, 0.4) is 0 Å². The van der Waals surface area contributed by atoms with Crippen molar-refractivity contribution in [2.24, 2.45) is 0 Å². The normalized spacial score (nSPS) is 13.3. The molecule has 262 valence electrons. The first kappa shape index (κ1) is 38.1. The van der Waals surface area contributed by atoms with Gasteiger partial charge in [-0.1, -0.05) is 60.7 Å². The number of ether oxygens (including phenoxy) is 2. The zero-order valence-electron chi connectivity index (χ0n) is 28.9. The van der Waals surface area contributed by atoms with Gasteiger partial charge < -0.3 is 35.2 Å². The molecule has 0 aromatic heterocycles. The van der Waals surface area contributed by atoms with Crippen LogP contribution in [0.4, 0.5) is 4.79 Å². The van der Waals surface area contributed by atoms with Crippen LogP contribution in [0, 0.1) is 0 Å². The summed E-state index contributed by atoms with van der Waals surface area (Å²) >= 11 is 0. The predicted molar refractivity (Wildman–Crippen MR) is 186 cm³/mol. The van der Waals surface area contributed by atoms with Gasteiger partial charge in [-0.15, -0.1) is 6.58 Å². The van der Waals surface area contributed by atoms with Crippen molar-refractivity contribution in [3.05, 3.63) is 108 Å². The second kappa shape index (κ2) is 16.7. The molecule has 0 radical (unpaired) electrons. The molecular formula is C38H47N3O8. The van der Waals surface area contributed by atoms with Crippen LogP contribution in [0.2, 0.25) is 0 Å². The van der Waals surface area contributed by atoms with E-state index in [0.717, 1.165) is 5.56 Å². The minimum absolute atomic E-state index is 0.0189. The van der Waals surface area contributed by atoms with E-state index < -0.39 is 53.2 Å². The molecule has 0 fully saturated rings. The van der Waals surface area contributed by atoms with Crippen molar-refractivity contribution in [1.82, 2.24) is 15.5 Å². The lowest BCUT2D eigenvalue weighted by atomic mass is 9.99. The first-order valence-corrected chi connectivity index (χ1v) is 16.0. The van der Waals surface area contributed by atoms with Gasteiger partial charge in [-0.25, -0.2) is 9.59 Å². The first-order chi connectivity index (χ1) is 23.0. The number of hydrogen-bond donors (Lipinski definition) is 4. The highest BCUT2D eigenvalue weighted by Crippen LogP contribution is 2.27. The van der Waals surface area contributed by atoms with E-state index in [9.17, 15) is 29.4 Å². The molecule has 3 rings (SSSR count). The number of benzene rings is 3. The second-order valence-corrected chi connectivity index (χ2v) is 13.6. The molecule has 3 unspecified atom stereocenters. The lowest BCUT2D eigenvalue weighted by Crippen LogP contribution is -2.55. The number of phenolic OH excluding ortho intramolecular Hbond substituents is 2. The third-order valence-electron chi connectivity index (χ3n) is 7.01. The maximum absolute atomic E-state index is 14.5. The first-order valence-electron chi connectivity index (χ1n) is 16.0. The van der Waals surface area contributed by atoms with E-state index >= 15 is 0 Å². The van der Waals surface area contributed by atoms with Crippen LogP contribution in [0.5, 0.6) is 11.5 Å². The van der Waals surface area contributed by atoms with Crippen LogP contribution in [0.25, 0.3) is 0 Å². The lowest BCUT2D eigenvalue weighted by molar-refractivity contribution is -0.159. The third kappa shape index (κ3) is 12.3. The monoisotopic (exact) mass is 673 g/mol. The van der Waals surface area contributed by atoms with Crippen molar-refractivity contribution >= 4 is 23.9 Å². The maximum atomic E-state index is 14.5. The molecule has 3 aromatic carbocycles. The smallest absolute Gasteiger partial charge is 0.408 e. The zero-order chi connectivity index (χ0) is 36.4. The number of esters is 1. The van der Waals surface area contributed by atoms with Crippen molar-refractivity contribution in [2.45, 2.75) is 83.7 Å². The predicted octanol–water partition coefficient (Wildman–Crippen LogP) is 5.36. The Bertz CT molecular complexity index is 1590. The van der Waals surface area contributed by atoms with E-state index in [2.05, 4.69) is 17.2 Å². The van der Waals surface area contributed by atoms with Crippen molar-refractivity contribution < 1.29 is 38.9 Å². The van der Waals surface area contributed by atoms with E-state index in [1.165, 1.54) is 41.3 Å². The molecule has 0 saturated carbocycles. The number of rotatable bonds is 13. The number of amides is 3. The molecule has 0 aliphatic rings. The minimum Gasteiger partial charge on any atom is -0.508 e. The third-order valence-corrected chi connectivity index (χ3v) is 7.01. The van der Waals surface area contributed by atoms with Gasteiger partial charge in [-0.3, -0.25) is 9.59 Å². The molecular weight excluding hydrogens is 626 g/mol. The number of hydrogen-bond acceptors (Lipinski definition) is 8. The van der Waals surface area contributed by atoms with Crippen LogP contribution in [-0.2, 0) is 36.7 Å². The minimum atomic E-state index is -1.39. The molecule has 3 amide bonds. The average molecular weight is 674 g/mol. The Hall–Kier alpha value is -5.32. The highest BCUT2D eigenvalue weighted by molar-refractivity contribution is 5.94. The van der Waals surface area contributed by atoms with Gasteiger partial charge in [0.05, 0.1) is 0 Å². The van der Waals surface area contributed by atoms with Gasteiger partial charge in [-0.2, -0.15) is 0 Å². The zero-order valence-corrected chi connectivity index (χ0v) is 28.9. The van der Waals surface area contributed by atoms with Crippen molar-refractivity contribution in [3.63, 3.8) is 0 Å². The summed E-state index contributed by atoms with van der Waals surface area (Å²) in [6.45, 7) is 13.9. The number of nitrogens with zero attached hydrogens (tertiary/aromatic N) is 1. The van der Waals surface area contributed by atoms with E-state index in [1.807, 2.05) is 30.3 Å². The van der Waals surface area contributed by atoms with Crippen LogP contribution < -0.4 is 10.6 Å². The topological polar surface area (TPSA) is 154 Å². The largest absolute Gasteiger partial charge is 0.508 e. The van der Waals surface area contributed by atoms with Crippen LogP contribution in [-0.4, -0.2) is 68.8 Å². The standard InChI is InChI=1S/C38H47N3O8/c1-8-21-41(34(45)30(40-36(47)49-38(5,6)7)22-26-17-19-28(42)20-18-26)32(27-15-12-16-29(43)24-27)33(44)39-31(35(46)48-37(2,3)4)23-25-13-10-9-11-14-25/h8-20,24,30-32,42-43H,1,21-23H2,2-7H3,(H,39,44)(H,40,47). The van der Waals surface area contributed by atoms with Gasteiger partial charge in [0.25, 0.3) is 0 Å². The summed E-state index contributed by atoms with van der Waals surface area (Å²) in [5.74, 6) is -2.19. The van der Waals surface area contributed by atoms with Crippen molar-refractivity contribution in [3.8, 4) is 11.5 Å². The van der Waals surface area contributed by atoms with Gasteiger partial charge in [0.1, 0.15) is 40.8 Å². The number of carbonyl (C=O) groups is 4. The number of aromatic hydroxyl groups is 2. The van der Waals surface area contributed by atoms with Gasteiger partial charge in [0.15, 0.2) is 0 Å². The molecule has 0 aliphatic heterocycles. The Morgan fingerprint density at radius 2 is 1.35 bits per heavy atom. The summed E-state index contributed by atoms with van der Waals surface area (Å²) < 4.78 is 11.1. The summed E-state index contributed by atoms with van der Waals surface area (Å²) in [4.78, 5) is 56.6. The van der Waals surface area contributed by atoms with Crippen LogP contribution in [0.1, 0.15) is 64.3 Å². The molecule has 49 heavy (non-hydrogen) atoms. The number of nitrogens with one attached hydrogen (secondary N) is 2. The van der Waals surface area contributed by atoms with Crippen LogP contribution >= 0.6 is 0 Å². The Kier molecular flexibility index (Phi) is 13.0. The van der Waals surface area contributed by atoms with Gasteiger partial charge in [0, 0.05) is 19.4 Å². The summed E-state index contributed by atoms with van der Waals surface area (Å²) in [7, 11) is 0. The summed E-state index contributed by atoms with van der Waals surface area (Å²) in [5.41, 5.74) is -0.0904. The Labute approximate surface area is 287 Å². The molecule has 11 nitrogen and oxygen atoms in total. The molecule has 4 N–H and O–H groups in total. The highest BCUT2D eigenvalue weighted by atomic mass is 16.6. The lowest BCUT2D eigenvalue weighted by Gasteiger charge is -2.35. The Morgan fingerprint density at radius 3 is 1.92 bits per heavy atom. The number of phenols is 2. The quantitative estimate of drug-likeness (QED) is 0.140. The van der Waals surface area contributed by atoms with E-state index in [0.29, 0.717) is 5.56 Å². The summed E-state index contributed by atoms with van der Waals surface area (Å²) in [5, 5.41) is 25.7. The molecule has 0 saturated heterocycles. The van der Waals surface area contributed by atoms with Crippen molar-refractivity contribution in [1.29, 1.82) is 0 Å². The fraction of sp³-hybridized carbons (Fsp3) is 0.368. The molecule has 11 heteroatoms. The van der Waals surface area contributed by atoms with E-state index in [1.54, 1.807) is 59.7 Å². The fourth-order valence-electron chi connectivity index (χ4n) is 5.01. The molecule has 3 aromatic rings. The van der Waals surface area contributed by atoms with Gasteiger partial charge in [0.2, 0.25) is 11.8 Å². The van der Waals surface area contributed by atoms with Crippen molar-refractivity contribution in [2.75, 3.05) is 6.54 Å². The van der Waals surface area contributed by atoms with Gasteiger partial charge >= 0.3 is 12.1 Å². The molecule has 3 atom stereocenters. The van der Waals surface area contributed by atoms with E-state index in [-0.39, 0.29) is 36.4 Å².